The van der Waals surface area contributed by atoms with Crippen molar-refractivity contribution in [1.82, 2.24) is 4.57 Å². The molecule has 0 atom stereocenters. The van der Waals surface area contributed by atoms with Crippen molar-refractivity contribution in [3.8, 4) is 0 Å². The van der Waals surface area contributed by atoms with Crippen molar-refractivity contribution < 1.29 is 33.3 Å². The number of hydrogen-bond donors (Lipinski definition) is 0. The molecule has 0 N–H and O–H groups in total. The van der Waals surface area contributed by atoms with E-state index >= 15 is 0 Å². The van der Waals surface area contributed by atoms with Gasteiger partial charge in [-0.2, -0.15) is 0 Å². The molecule has 1 rings (SSSR count). The van der Waals surface area contributed by atoms with Gasteiger partial charge in [-0.15, -0.1) is 0 Å². The Morgan fingerprint density at radius 2 is 2.21 bits per heavy atom. The molecule has 1 aromatic heterocycles. The van der Waals surface area contributed by atoms with Crippen LogP contribution in [0.4, 0.5) is 0 Å². The number of hydrogen-bond acceptors (Lipinski definition) is 1. The van der Waals surface area contributed by atoms with E-state index in [1.54, 1.807) is 7.11 Å². The van der Waals surface area contributed by atoms with Gasteiger partial charge in [0.1, 0.15) is 12.8 Å². The Morgan fingerprint density at radius 3 is 2.79 bits per heavy atom. The van der Waals surface area contributed by atoms with Gasteiger partial charge in [-0.1, -0.05) is 13.3 Å². The summed E-state index contributed by atoms with van der Waals surface area (Å²) >= 11 is 0. The highest BCUT2D eigenvalue weighted by molar-refractivity contribution is 4.89. The summed E-state index contributed by atoms with van der Waals surface area (Å²) in [5.41, 5.74) is 1.22. The molecule has 0 saturated heterocycles. The molecule has 1 aromatic rings. The van der Waals surface area contributed by atoms with E-state index in [1.165, 1.54) is 18.5 Å². The largest absolute Gasteiger partial charge is 1.00 e. The lowest BCUT2D eigenvalue weighted by Crippen LogP contribution is -3.00. The van der Waals surface area contributed by atoms with Gasteiger partial charge in [-0.05, 0) is 6.42 Å². The summed E-state index contributed by atoms with van der Waals surface area (Å²) in [6.45, 7) is 4.00. The lowest BCUT2D eigenvalue weighted by molar-refractivity contribution is -0.697. The number of nitrogens with zero attached hydrogens (tertiary/aromatic N) is 2. The number of aromatic nitrogens is 2. The molecular formula is C10H19IN2O. The highest BCUT2D eigenvalue weighted by Crippen LogP contribution is 1.97. The predicted molar refractivity (Wildman–Crippen MR) is 51.2 cm³/mol. The van der Waals surface area contributed by atoms with E-state index in [9.17, 15) is 0 Å². The van der Waals surface area contributed by atoms with Crippen molar-refractivity contribution in [2.45, 2.75) is 32.9 Å². The van der Waals surface area contributed by atoms with Crippen LogP contribution in [0.15, 0.2) is 12.5 Å². The Balaban J connectivity index is 0.00000169. The molecule has 0 radical (unpaired) electrons. The maximum absolute atomic E-state index is 5.09. The summed E-state index contributed by atoms with van der Waals surface area (Å²) < 4.78 is 9.42. The molecule has 0 amide bonds. The summed E-state index contributed by atoms with van der Waals surface area (Å²) in [5.74, 6) is 0. The van der Waals surface area contributed by atoms with Crippen LogP contribution in [-0.2, 0) is 24.9 Å². The molecule has 0 aliphatic carbocycles. The van der Waals surface area contributed by atoms with E-state index in [0.29, 0.717) is 6.61 Å². The Labute approximate surface area is 103 Å². The first-order chi connectivity index (χ1) is 6.27. The molecule has 0 unspecified atom stereocenters. The zero-order valence-electron chi connectivity index (χ0n) is 9.16. The van der Waals surface area contributed by atoms with Gasteiger partial charge in [-0.3, -0.25) is 0 Å². The van der Waals surface area contributed by atoms with Crippen molar-refractivity contribution in [2.24, 2.45) is 7.05 Å². The summed E-state index contributed by atoms with van der Waals surface area (Å²) in [4.78, 5) is 0. The lowest BCUT2D eigenvalue weighted by atomic mass is 10.3. The number of halogens is 1. The summed E-state index contributed by atoms with van der Waals surface area (Å²) in [6, 6.07) is 0. The van der Waals surface area contributed by atoms with E-state index in [1.807, 2.05) is 0 Å². The molecule has 82 valence electrons. The summed E-state index contributed by atoms with van der Waals surface area (Å²) in [6.07, 6.45) is 6.74. The lowest BCUT2D eigenvalue weighted by Gasteiger charge is -1.91. The number of methoxy groups -OCH3 is 1. The van der Waals surface area contributed by atoms with Gasteiger partial charge in [0.25, 0.3) is 0 Å². The SMILES string of the molecule is CCCC[n+]1cc(COC)n(C)c1.[I-]. The van der Waals surface area contributed by atoms with Gasteiger partial charge >= 0.3 is 0 Å². The Morgan fingerprint density at radius 1 is 1.50 bits per heavy atom. The smallest absolute Gasteiger partial charge is 0.243 e. The minimum Gasteiger partial charge on any atom is -1.00 e. The number of imidazole rings is 1. The molecule has 0 bridgehead atoms. The zero-order valence-corrected chi connectivity index (χ0v) is 11.3. The van der Waals surface area contributed by atoms with Crippen LogP contribution in [0, 0.1) is 0 Å². The molecule has 3 nitrogen and oxygen atoms in total. The van der Waals surface area contributed by atoms with E-state index in [-0.39, 0.29) is 24.0 Å². The maximum atomic E-state index is 5.09. The summed E-state index contributed by atoms with van der Waals surface area (Å²) in [7, 11) is 3.78. The Kier molecular flexibility index (Phi) is 7.17. The molecular weight excluding hydrogens is 291 g/mol. The fourth-order valence-electron chi connectivity index (χ4n) is 1.36. The zero-order chi connectivity index (χ0) is 9.68. The number of rotatable bonds is 5. The Bertz CT molecular complexity index is 261. The van der Waals surface area contributed by atoms with Crippen LogP contribution >= 0.6 is 0 Å². The second-order valence-electron chi connectivity index (χ2n) is 3.37. The molecule has 1 heterocycles. The minimum absolute atomic E-state index is 0. The monoisotopic (exact) mass is 310 g/mol. The third kappa shape index (κ3) is 3.96. The van der Waals surface area contributed by atoms with E-state index < -0.39 is 0 Å². The van der Waals surface area contributed by atoms with E-state index in [0.717, 1.165) is 6.54 Å². The number of ether oxygens (including phenoxy) is 1. The van der Waals surface area contributed by atoms with Crippen molar-refractivity contribution in [2.75, 3.05) is 7.11 Å². The molecule has 0 fully saturated rings. The molecule has 14 heavy (non-hydrogen) atoms. The van der Waals surface area contributed by atoms with Crippen molar-refractivity contribution in [3.63, 3.8) is 0 Å². The fourth-order valence-corrected chi connectivity index (χ4v) is 1.36. The van der Waals surface area contributed by atoms with Crippen LogP contribution in [0.2, 0.25) is 0 Å². The molecule has 0 aliphatic heterocycles. The Hall–Kier alpha value is -0.100. The quantitative estimate of drug-likeness (QED) is 0.467. The molecule has 4 heteroatoms. The highest BCUT2D eigenvalue weighted by Gasteiger charge is 2.08. The molecule has 0 aliphatic rings. The van der Waals surface area contributed by atoms with Crippen molar-refractivity contribution >= 4 is 0 Å². The molecule has 0 spiro atoms. The highest BCUT2D eigenvalue weighted by atomic mass is 127. The average molecular weight is 310 g/mol. The van der Waals surface area contributed by atoms with Gasteiger partial charge in [0.2, 0.25) is 6.33 Å². The van der Waals surface area contributed by atoms with Gasteiger partial charge in [0.05, 0.1) is 13.6 Å². The standard InChI is InChI=1S/C10H19N2O.HI/c1-4-5-6-12-7-10(8-13-3)11(2)9-12;/h7,9H,4-6,8H2,1-3H3;1H/q+1;/p-1. The van der Waals surface area contributed by atoms with Gasteiger partial charge in [-0.25, -0.2) is 9.13 Å². The van der Waals surface area contributed by atoms with Gasteiger partial charge in [0, 0.05) is 7.11 Å². The predicted octanol–water partition coefficient (Wildman–Crippen LogP) is -1.74. The molecule has 0 saturated carbocycles. The van der Waals surface area contributed by atoms with Crippen LogP contribution < -0.4 is 28.5 Å². The van der Waals surface area contributed by atoms with Gasteiger partial charge < -0.3 is 28.7 Å². The summed E-state index contributed by atoms with van der Waals surface area (Å²) in [5, 5.41) is 0. The van der Waals surface area contributed by atoms with Crippen LogP contribution in [0.25, 0.3) is 0 Å². The van der Waals surface area contributed by atoms with E-state index in [2.05, 4.69) is 35.6 Å². The van der Waals surface area contributed by atoms with Crippen molar-refractivity contribution in [1.29, 1.82) is 0 Å². The first-order valence-electron chi connectivity index (χ1n) is 4.81. The van der Waals surface area contributed by atoms with Crippen LogP contribution in [-0.4, -0.2) is 11.7 Å². The third-order valence-corrected chi connectivity index (χ3v) is 2.15. The van der Waals surface area contributed by atoms with Crippen LogP contribution in [0.1, 0.15) is 25.5 Å². The number of unbranched alkanes of at least 4 members (excludes halogenated alkanes) is 1. The average Bonchev–Trinajstić information content (AvgIpc) is 2.45. The second-order valence-corrected chi connectivity index (χ2v) is 3.37. The first kappa shape index (κ1) is 13.9. The first-order valence-corrected chi connectivity index (χ1v) is 4.81. The molecule has 0 aromatic carbocycles. The van der Waals surface area contributed by atoms with Crippen molar-refractivity contribution in [3.05, 3.63) is 18.2 Å². The van der Waals surface area contributed by atoms with Crippen LogP contribution in [0.3, 0.4) is 0 Å². The third-order valence-electron chi connectivity index (χ3n) is 2.15. The maximum Gasteiger partial charge on any atom is 0.243 e. The van der Waals surface area contributed by atoms with E-state index in [4.69, 9.17) is 4.74 Å². The normalized spacial score (nSPS) is 9.93. The number of aryl methyl sites for hydroxylation is 2. The second kappa shape index (κ2) is 7.23. The topological polar surface area (TPSA) is 18.0 Å². The minimum atomic E-state index is 0. The van der Waals surface area contributed by atoms with Gasteiger partial charge in [0.15, 0.2) is 5.69 Å². The fraction of sp³-hybridized carbons (Fsp3) is 0.700. The van der Waals surface area contributed by atoms with Crippen LogP contribution in [0.5, 0.6) is 0 Å².